The fourth-order valence-corrected chi connectivity index (χ4v) is 2.59. The van der Waals surface area contributed by atoms with Crippen LogP contribution >= 0.6 is 39.7 Å². The van der Waals surface area contributed by atoms with Gasteiger partial charge in [0, 0.05) is 4.47 Å². The van der Waals surface area contributed by atoms with E-state index in [-0.39, 0.29) is 18.4 Å². The molecule has 0 saturated carbocycles. The fourth-order valence-electron chi connectivity index (χ4n) is 1.36. The first-order valence-corrected chi connectivity index (χ1v) is 6.04. The van der Waals surface area contributed by atoms with E-state index in [0.717, 1.165) is 10.0 Å². The van der Waals surface area contributed by atoms with Gasteiger partial charge in [0.15, 0.2) is 0 Å². The first kappa shape index (κ1) is 12.7. The molecule has 0 aliphatic heterocycles. The standard InChI is InChI=1S/C11H10BrNS.ClH/c12-10-4-2-1-3-9(10)11(13)8-5-6-14-7-8;/h1-7,11H,13H2;1H/t11-;/m1./s1. The molecular formula is C11H11BrClNS. The minimum atomic E-state index is -0.0307. The van der Waals surface area contributed by atoms with Crippen molar-refractivity contribution in [1.82, 2.24) is 0 Å². The lowest BCUT2D eigenvalue weighted by Gasteiger charge is -2.11. The van der Waals surface area contributed by atoms with Crippen LogP contribution in [0.4, 0.5) is 0 Å². The highest BCUT2D eigenvalue weighted by atomic mass is 79.9. The van der Waals surface area contributed by atoms with Crippen molar-refractivity contribution >= 4 is 39.7 Å². The van der Waals surface area contributed by atoms with Crippen LogP contribution in [-0.2, 0) is 0 Å². The third-order valence-corrected chi connectivity index (χ3v) is 3.57. The van der Waals surface area contributed by atoms with Crippen LogP contribution in [0, 0.1) is 0 Å². The molecule has 0 fully saturated rings. The number of nitrogens with two attached hydrogens (primary N) is 1. The second kappa shape index (κ2) is 5.66. The van der Waals surface area contributed by atoms with E-state index < -0.39 is 0 Å². The Morgan fingerprint density at radius 3 is 2.53 bits per heavy atom. The molecule has 1 atom stereocenters. The van der Waals surface area contributed by atoms with Crippen LogP contribution in [0.2, 0.25) is 0 Å². The quantitative estimate of drug-likeness (QED) is 0.892. The van der Waals surface area contributed by atoms with E-state index in [0.29, 0.717) is 0 Å². The summed E-state index contributed by atoms with van der Waals surface area (Å²) in [7, 11) is 0. The van der Waals surface area contributed by atoms with Gasteiger partial charge in [-0.15, -0.1) is 12.4 Å². The molecule has 1 aromatic heterocycles. The number of halogens is 2. The van der Waals surface area contributed by atoms with E-state index in [1.54, 1.807) is 11.3 Å². The number of thiophene rings is 1. The zero-order chi connectivity index (χ0) is 9.97. The van der Waals surface area contributed by atoms with Crippen molar-refractivity contribution in [1.29, 1.82) is 0 Å². The molecule has 4 heteroatoms. The lowest BCUT2D eigenvalue weighted by atomic mass is 10.0. The fraction of sp³-hybridized carbons (Fsp3) is 0.0909. The highest BCUT2D eigenvalue weighted by molar-refractivity contribution is 9.10. The second-order valence-electron chi connectivity index (χ2n) is 3.06. The van der Waals surface area contributed by atoms with Gasteiger partial charge < -0.3 is 5.73 Å². The normalized spacial score (nSPS) is 11.9. The smallest absolute Gasteiger partial charge is 0.0571 e. The van der Waals surface area contributed by atoms with Crippen molar-refractivity contribution in [2.45, 2.75) is 6.04 Å². The van der Waals surface area contributed by atoms with Gasteiger partial charge in [0.05, 0.1) is 6.04 Å². The Balaban J connectivity index is 0.00000112. The first-order valence-electron chi connectivity index (χ1n) is 4.31. The average molecular weight is 305 g/mol. The Labute approximate surface area is 108 Å². The summed E-state index contributed by atoms with van der Waals surface area (Å²) in [6.45, 7) is 0. The molecule has 0 aliphatic carbocycles. The number of hydrogen-bond donors (Lipinski definition) is 1. The van der Waals surface area contributed by atoms with Gasteiger partial charge in [-0.2, -0.15) is 11.3 Å². The third-order valence-electron chi connectivity index (χ3n) is 2.14. The molecule has 1 aromatic carbocycles. The molecule has 1 heterocycles. The van der Waals surface area contributed by atoms with Crippen LogP contribution in [0.15, 0.2) is 45.6 Å². The van der Waals surface area contributed by atoms with Crippen LogP contribution in [0.1, 0.15) is 17.2 Å². The summed E-state index contributed by atoms with van der Waals surface area (Å²) in [5.41, 5.74) is 8.44. The van der Waals surface area contributed by atoms with Crippen molar-refractivity contribution in [2.75, 3.05) is 0 Å². The van der Waals surface area contributed by atoms with Gasteiger partial charge in [-0.25, -0.2) is 0 Å². The van der Waals surface area contributed by atoms with Crippen LogP contribution in [0.5, 0.6) is 0 Å². The molecule has 2 aromatic rings. The maximum absolute atomic E-state index is 6.14. The molecule has 0 unspecified atom stereocenters. The molecule has 0 radical (unpaired) electrons. The minimum Gasteiger partial charge on any atom is -0.320 e. The molecule has 0 amide bonds. The lowest BCUT2D eigenvalue weighted by Crippen LogP contribution is -2.11. The molecule has 0 spiro atoms. The van der Waals surface area contributed by atoms with E-state index >= 15 is 0 Å². The van der Waals surface area contributed by atoms with Crippen molar-refractivity contribution in [3.8, 4) is 0 Å². The Bertz CT molecular complexity index is 416. The van der Waals surface area contributed by atoms with E-state index in [1.807, 2.05) is 29.6 Å². The van der Waals surface area contributed by atoms with Crippen LogP contribution < -0.4 is 5.73 Å². The summed E-state index contributed by atoms with van der Waals surface area (Å²) in [6, 6.07) is 10.1. The van der Waals surface area contributed by atoms with E-state index in [4.69, 9.17) is 5.73 Å². The van der Waals surface area contributed by atoms with Gasteiger partial charge in [0.1, 0.15) is 0 Å². The SMILES string of the molecule is Cl.N[C@H](c1ccsc1)c1ccccc1Br. The van der Waals surface area contributed by atoms with Gasteiger partial charge in [-0.05, 0) is 34.0 Å². The van der Waals surface area contributed by atoms with E-state index in [1.165, 1.54) is 5.56 Å². The molecule has 80 valence electrons. The molecular weight excluding hydrogens is 294 g/mol. The Kier molecular flexibility index (Phi) is 4.80. The number of hydrogen-bond acceptors (Lipinski definition) is 2. The minimum absolute atomic E-state index is 0. The lowest BCUT2D eigenvalue weighted by molar-refractivity contribution is 0.871. The third kappa shape index (κ3) is 2.82. The summed E-state index contributed by atoms with van der Waals surface area (Å²) < 4.78 is 1.07. The molecule has 15 heavy (non-hydrogen) atoms. The van der Waals surface area contributed by atoms with Gasteiger partial charge in [0.25, 0.3) is 0 Å². The van der Waals surface area contributed by atoms with Crippen molar-refractivity contribution in [3.63, 3.8) is 0 Å². The van der Waals surface area contributed by atoms with Crippen LogP contribution in [0.25, 0.3) is 0 Å². The Morgan fingerprint density at radius 2 is 1.93 bits per heavy atom. The molecule has 0 bridgehead atoms. The molecule has 1 nitrogen and oxygen atoms in total. The monoisotopic (exact) mass is 303 g/mol. The summed E-state index contributed by atoms with van der Waals surface area (Å²) in [5.74, 6) is 0. The maximum atomic E-state index is 6.14. The van der Waals surface area contributed by atoms with Crippen molar-refractivity contribution < 1.29 is 0 Å². The predicted molar refractivity (Wildman–Crippen MR) is 71.7 cm³/mol. The summed E-state index contributed by atoms with van der Waals surface area (Å²) in [6.07, 6.45) is 0. The van der Waals surface area contributed by atoms with E-state index in [9.17, 15) is 0 Å². The molecule has 0 saturated heterocycles. The highest BCUT2D eigenvalue weighted by Gasteiger charge is 2.11. The largest absolute Gasteiger partial charge is 0.320 e. The summed E-state index contributed by atoms with van der Waals surface area (Å²) in [4.78, 5) is 0. The molecule has 2 N–H and O–H groups in total. The topological polar surface area (TPSA) is 26.0 Å². The van der Waals surface area contributed by atoms with Gasteiger partial charge in [-0.3, -0.25) is 0 Å². The molecule has 0 aliphatic rings. The molecule has 2 rings (SSSR count). The zero-order valence-corrected chi connectivity index (χ0v) is 11.1. The predicted octanol–water partition coefficient (Wildman–Crippen LogP) is 3.98. The van der Waals surface area contributed by atoms with Crippen LogP contribution in [-0.4, -0.2) is 0 Å². The summed E-state index contributed by atoms with van der Waals surface area (Å²) in [5, 5.41) is 4.14. The van der Waals surface area contributed by atoms with Crippen LogP contribution in [0.3, 0.4) is 0 Å². The van der Waals surface area contributed by atoms with Gasteiger partial charge >= 0.3 is 0 Å². The van der Waals surface area contributed by atoms with E-state index in [2.05, 4.69) is 27.4 Å². The first-order chi connectivity index (χ1) is 6.79. The Hall–Kier alpha value is -0.350. The highest BCUT2D eigenvalue weighted by Crippen LogP contribution is 2.27. The van der Waals surface area contributed by atoms with Crippen molar-refractivity contribution in [2.24, 2.45) is 5.73 Å². The second-order valence-corrected chi connectivity index (χ2v) is 4.69. The van der Waals surface area contributed by atoms with Gasteiger partial charge in [-0.1, -0.05) is 34.1 Å². The Morgan fingerprint density at radius 1 is 1.20 bits per heavy atom. The average Bonchev–Trinajstić information content (AvgIpc) is 2.70. The zero-order valence-electron chi connectivity index (χ0n) is 7.89. The maximum Gasteiger partial charge on any atom is 0.0571 e. The van der Waals surface area contributed by atoms with Gasteiger partial charge in [0.2, 0.25) is 0 Å². The number of rotatable bonds is 2. The van der Waals surface area contributed by atoms with Crippen molar-refractivity contribution in [3.05, 3.63) is 56.7 Å². The summed E-state index contributed by atoms with van der Waals surface area (Å²) >= 11 is 5.18. The number of benzene rings is 1.